The van der Waals surface area contributed by atoms with Crippen LogP contribution < -0.4 is 5.32 Å². The van der Waals surface area contributed by atoms with Gasteiger partial charge in [-0.15, -0.1) is 11.3 Å². The number of nitrogens with zero attached hydrogens (tertiary/aromatic N) is 2. The molecule has 0 spiro atoms. The van der Waals surface area contributed by atoms with Crippen LogP contribution in [0.1, 0.15) is 5.56 Å². The van der Waals surface area contributed by atoms with E-state index in [2.05, 4.69) is 20.3 Å². The summed E-state index contributed by atoms with van der Waals surface area (Å²) in [6.07, 6.45) is 3.67. The zero-order valence-corrected chi connectivity index (χ0v) is 16.7. The quantitative estimate of drug-likeness (QED) is 0.366. The van der Waals surface area contributed by atoms with E-state index in [4.69, 9.17) is 0 Å². The summed E-state index contributed by atoms with van der Waals surface area (Å²) < 4.78 is 0. The van der Waals surface area contributed by atoms with Crippen molar-refractivity contribution in [2.24, 2.45) is 0 Å². The number of aromatic amines is 1. The second-order valence-corrected chi connectivity index (χ2v) is 7.87. The third-order valence-electron chi connectivity index (χ3n) is 5.16. The number of para-hydroxylation sites is 1. The molecule has 1 unspecified atom stereocenters. The SMILES string of the molecule is O=C(O)C(Cc1c[nH]c2ccccc12)Nc1ncnc2scc(-c3ccccc3)c12. The highest BCUT2D eigenvalue weighted by molar-refractivity contribution is 7.17. The van der Waals surface area contributed by atoms with Crippen LogP contribution in [0.25, 0.3) is 32.2 Å². The van der Waals surface area contributed by atoms with Crippen LogP contribution in [-0.2, 0) is 11.2 Å². The second kappa shape index (κ2) is 7.61. The molecule has 30 heavy (non-hydrogen) atoms. The van der Waals surface area contributed by atoms with Crippen molar-refractivity contribution in [1.82, 2.24) is 15.0 Å². The first-order valence-corrected chi connectivity index (χ1v) is 10.4. The minimum Gasteiger partial charge on any atom is -0.480 e. The Hall–Kier alpha value is -3.71. The molecule has 0 saturated heterocycles. The summed E-state index contributed by atoms with van der Waals surface area (Å²) in [4.78, 5) is 24.9. The highest BCUT2D eigenvalue weighted by atomic mass is 32.1. The molecule has 0 saturated carbocycles. The molecule has 0 aliphatic heterocycles. The van der Waals surface area contributed by atoms with Gasteiger partial charge in [-0.3, -0.25) is 0 Å². The number of hydrogen-bond acceptors (Lipinski definition) is 5. The number of hydrogen-bond donors (Lipinski definition) is 3. The molecular weight excluding hydrogens is 396 g/mol. The largest absolute Gasteiger partial charge is 0.480 e. The van der Waals surface area contributed by atoms with Gasteiger partial charge >= 0.3 is 5.97 Å². The fourth-order valence-corrected chi connectivity index (χ4v) is 4.62. The lowest BCUT2D eigenvalue weighted by molar-refractivity contribution is -0.137. The van der Waals surface area contributed by atoms with Crippen molar-refractivity contribution in [3.05, 3.63) is 78.1 Å². The van der Waals surface area contributed by atoms with Crippen molar-refractivity contribution in [3.8, 4) is 11.1 Å². The van der Waals surface area contributed by atoms with Crippen LogP contribution in [0.4, 0.5) is 5.82 Å². The van der Waals surface area contributed by atoms with Gasteiger partial charge in [0.15, 0.2) is 0 Å². The van der Waals surface area contributed by atoms with Crippen molar-refractivity contribution < 1.29 is 9.90 Å². The zero-order chi connectivity index (χ0) is 20.5. The number of carboxylic acids is 1. The smallest absolute Gasteiger partial charge is 0.326 e. The molecule has 6 nitrogen and oxygen atoms in total. The number of rotatable bonds is 6. The number of nitrogens with one attached hydrogen (secondary N) is 2. The molecule has 0 aliphatic rings. The molecule has 7 heteroatoms. The molecule has 3 aromatic heterocycles. The summed E-state index contributed by atoms with van der Waals surface area (Å²) in [5.74, 6) is -0.393. The van der Waals surface area contributed by atoms with Gasteiger partial charge in [-0.2, -0.15) is 0 Å². The van der Waals surface area contributed by atoms with E-state index in [0.29, 0.717) is 12.2 Å². The van der Waals surface area contributed by atoms with E-state index in [-0.39, 0.29) is 0 Å². The Morgan fingerprint density at radius 3 is 2.73 bits per heavy atom. The molecule has 2 aromatic carbocycles. The van der Waals surface area contributed by atoms with Gasteiger partial charge in [0.25, 0.3) is 0 Å². The van der Waals surface area contributed by atoms with Gasteiger partial charge in [-0.05, 0) is 17.2 Å². The molecular formula is C23H18N4O2S. The number of aromatic nitrogens is 3. The molecule has 0 amide bonds. The topological polar surface area (TPSA) is 90.9 Å². The van der Waals surface area contributed by atoms with Crippen LogP contribution in [0.2, 0.25) is 0 Å². The molecule has 0 radical (unpaired) electrons. The number of aliphatic carboxylic acids is 1. The van der Waals surface area contributed by atoms with Crippen molar-refractivity contribution in [1.29, 1.82) is 0 Å². The van der Waals surface area contributed by atoms with Gasteiger partial charge in [-0.25, -0.2) is 14.8 Å². The van der Waals surface area contributed by atoms with Gasteiger partial charge < -0.3 is 15.4 Å². The monoisotopic (exact) mass is 414 g/mol. The Kier molecular flexibility index (Phi) is 4.65. The summed E-state index contributed by atoms with van der Waals surface area (Å²) in [6.45, 7) is 0. The Morgan fingerprint density at radius 1 is 1.10 bits per heavy atom. The van der Waals surface area contributed by atoms with E-state index in [9.17, 15) is 9.90 Å². The number of H-pyrrole nitrogens is 1. The predicted molar refractivity (Wildman–Crippen MR) is 120 cm³/mol. The standard InChI is InChI=1S/C23H18N4O2S/c28-23(29)19(10-15-11-24-18-9-5-4-8-16(15)18)27-21-20-17(14-6-2-1-3-7-14)12-30-22(20)26-13-25-21/h1-9,11-13,19,24H,10H2,(H,28,29)(H,25,26,27). The van der Waals surface area contributed by atoms with Crippen LogP contribution in [0.3, 0.4) is 0 Å². The number of anilines is 1. The lowest BCUT2D eigenvalue weighted by Crippen LogP contribution is -2.32. The maximum atomic E-state index is 12.1. The van der Waals surface area contributed by atoms with Gasteiger partial charge in [0.1, 0.15) is 23.0 Å². The van der Waals surface area contributed by atoms with Gasteiger partial charge in [0.05, 0.1) is 5.39 Å². The molecule has 5 aromatic rings. The lowest BCUT2D eigenvalue weighted by Gasteiger charge is -2.16. The number of carboxylic acid groups (broad SMARTS) is 1. The lowest BCUT2D eigenvalue weighted by atomic mass is 10.0. The summed E-state index contributed by atoms with van der Waals surface area (Å²) in [5, 5.41) is 17.0. The van der Waals surface area contributed by atoms with Crippen LogP contribution in [0.15, 0.2) is 72.5 Å². The molecule has 1 atom stereocenters. The van der Waals surface area contributed by atoms with Crippen molar-refractivity contribution in [2.45, 2.75) is 12.5 Å². The average molecular weight is 414 g/mol. The average Bonchev–Trinajstić information content (AvgIpc) is 3.39. The first-order valence-electron chi connectivity index (χ1n) is 9.52. The Bertz CT molecular complexity index is 1340. The van der Waals surface area contributed by atoms with Crippen molar-refractivity contribution in [2.75, 3.05) is 5.32 Å². The predicted octanol–water partition coefficient (Wildman–Crippen LogP) is 4.95. The zero-order valence-electron chi connectivity index (χ0n) is 15.9. The first-order chi connectivity index (χ1) is 14.7. The van der Waals surface area contributed by atoms with Gasteiger partial charge in [-0.1, -0.05) is 48.5 Å². The Balaban J connectivity index is 1.53. The molecule has 3 N–H and O–H groups in total. The third kappa shape index (κ3) is 3.29. The fourth-order valence-electron chi connectivity index (χ4n) is 3.70. The van der Waals surface area contributed by atoms with E-state index in [1.54, 1.807) is 0 Å². The number of benzene rings is 2. The van der Waals surface area contributed by atoms with Crippen LogP contribution >= 0.6 is 11.3 Å². The Labute approximate surface area is 176 Å². The molecule has 0 fully saturated rings. The minimum absolute atomic E-state index is 0.329. The number of fused-ring (bicyclic) bond motifs is 2. The Morgan fingerprint density at radius 2 is 1.90 bits per heavy atom. The van der Waals surface area contributed by atoms with Crippen LogP contribution in [-0.4, -0.2) is 32.1 Å². The molecule has 148 valence electrons. The minimum atomic E-state index is -0.927. The number of carbonyl (C=O) groups is 1. The fraction of sp³-hybridized carbons (Fsp3) is 0.0870. The van der Waals surface area contributed by atoms with Gasteiger partial charge in [0, 0.05) is 34.5 Å². The highest BCUT2D eigenvalue weighted by Crippen LogP contribution is 2.36. The highest BCUT2D eigenvalue weighted by Gasteiger charge is 2.22. The molecule has 5 rings (SSSR count). The maximum Gasteiger partial charge on any atom is 0.326 e. The van der Waals surface area contributed by atoms with E-state index in [1.165, 1.54) is 17.7 Å². The van der Waals surface area contributed by atoms with E-state index < -0.39 is 12.0 Å². The molecule has 0 aliphatic carbocycles. The van der Waals surface area contributed by atoms with Crippen LogP contribution in [0.5, 0.6) is 0 Å². The van der Waals surface area contributed by atoms with E-state index in [1.807, 2.05) is 66.2 Å². The normalized spacial score (nSPS) is 12.3. The molecule has 3 heterocycles. The summed E-state index contributed by atoms with van der Waals surface area (Å²) in [6, 6.07) is 17.0. The van der Waals surface area contributed by atoms with E-state index >= 15 is 0 Å². The number of thiophene rings is 1. The van der Waals surface area contributed by atoms with Gasteiger partial charge in [0.2, 0.25) is 0 Å². The third-order valence-corrected chi connectivity index (χ3v) is 6.05. The molecule has 0 bridgehead atoms. The first kappa shape index (κ1) is 18.3. The van der Waals surface area contributed by atoms with E-state index in [0.717, 1.165) is 37.8 Å². The maximum absolute atomic E-state index is 12.1. The van der Waals surface area contributed by atoms with Crippen LogP contribution in [0, 0.1) is 0 Å². The summed E-state index contributed by atoms with van der Waals surface area (Å²) in [7, 11) is 0. The summed E-state index contributed by atoms with van der Waals surface area (Å²) in [5.41, 5.74) is 3.98. The summed E-state index contributed by atoms with van der Waals surface area (Å²) >= 11 is 1.52. The van der Waals surface area contributed by atoms with Crippen molar-refractivity contribution in [3.63, 3.8) is 0 Å². The second-order valence-electron chi connectivity index (χ2n) is 7.02. The van der Waals surface area contributed by atoms with Crippen molar-refractivity contribution >= 4 is 44.2 Å².